The second kappa shape index (κ2) is 3.05. The third-order valence-corrected chi connectivity index (χ3v) is 1.88. The lowest BCUT2D eigenvalue weighted by molar-refractivity contribution is 0.181. The maximum absolute atomic E-state index is 12.8. The van der Waals surface area contributed by atoms with E-state index in [1.54, 1.807) is 12.1 Å². The van der Waals surface area contributed by atoms with Crippen molar-refractivity contribution in [2.75, 3.05) is 18.1 Å². The van der Waals surface area contributed by atoms with Gasteiger partial charge in [0, 0.05) is 0 Å². The Bertz CT molecular complexity index is 340. The molecule has 1 aromatic carbocycles. The summed E-state index contributed by atoms with van der Waals surface area (Å²) < 4.78 is 17.5. The molecule has 0 aromatic heterocycles. The van der Waals surface area contributed by atoms with Crippen molar-refractivity contribution in [2.45, 2.75) is 0 Å². The van der Waals surface area contributed by atoms with Gasteiger partial charge >= 0.3 is 6.09 Å². The summed E-state index contributed by atoms with van der Waals surface area (Å²) in [6.07, 6.45) is -0.411. The third kappa shape index (κ3) is 1.47. The molecular weight excluding hydrogens is 173 g/mol. The normalized spacial score (nSPS) is 16.1. The van der Waals surface area contributed by atoms with E-state index >= 15 is 0 Å². The molecule has 0 radical (unpaired) electrons. The standard InChI is InChI=1S/C9H8FNO2/c10-7-2-1-3-8(6-7)11-4-5-13-9(11)12/h1-3,6H,4-5H2. The Morgan fingerprint density at radius 3 is 2.92 bits per heavy atom. The van der Waals surface area contributed by atoms with Crippen molar-refractivity contribution in [1.82, 2.24) is 0 Å². The summed E-state index contributed by atoms with van der Waals surface area (Å²) in [6, 6.07) is 5.89. The summed E-state index contributed by atoms with van der Waals surface area (Å²) in [4.78, 5) is 12.5. The molecule has 0 unspecified atom stereocenters. The van der Waals surface area contributed by atoms with Gasteiger partial charge in [0.1, 0.15) is 12.4 Å². The molecule has 0 aliphatic carbocycles. The van der Waals surface area contributed by atoms with E-state index in [1.165, 1.54) is 17.0 Å². The average molecular weight is 181 g/mol. The molecule has 0 saturated carbocycles. The van der Waals surface area contributed by atoms with Gasteiger partial charge in [0.15, 0.2) is 0 Å². The van der Waals surface area contributed by atoms with Crippen molar-refractivity contribution >= 4 is 11.8 Å². The molecule has 1 amide bonds. The monoisotopic (exact) mass is 181 g/mol. The molecule has 0 spiro atoms. The Kier molecular flexibility index (Phi) is 1.88. The lowest BCUT2D eigenvalue weighted by Gasteiger charge is -2.11. The van der Waals surface area contributed by atoms with Crippen LogP contribution >= 0.6 is 0 Å². The Labute approximate surface area is 74.7 Å². The number of carbonyl (C=O) groups is 1. The molecular formula is C9H8FNO2. The van der Waals surface area contributed by atoms with Crippen molar-refractivity contribution in [3.8, 4) is 0 Å². The lowest BCUT2D eigenvalue weighted by Crippen LogP contribution is -2.23. The number of cyclic esters (lactones) is 1. The zero-order valence-corrected chi connectivity index (χ0v) is 6.87. The zero-order valence-electron chi connectivity index (χ0n) is 6.87. The van der Waals surface area contributed by atoms with Gasteiger partial charge in [-0.2, -0.15) is 0 Å². The number of hydrogen-bond donors (Lipinski definition) is 0. The van der Waals surface area contributed by atoms with Gasteiger partial charge < -0.3 is 4.74 Å². The predicted molar refractivity (Wildman–Crippen MR) is 45.1 cm³/mol. The van der Waals surface area contributed by atoms with Gasteiger partial charge in [-0.05, 0) is 18.2 Å². The Morgan fingerprint density at radius 2 is 2.31 bits per heavy atom. The minimum atomic E-state index is -0.411. The topological polar surface area (TPSA) is 29.5 Å². The molecule has 1 fully saturated rings. The van der Waals surface area contributed by atoms with Crippen molar-refractivity contribution < 1.29 is 13.9 Å². The minimum Gasteiger partial charge on any atom is -0.447 e. The number of amides is 1. The summed E-state index contributed by atoms with van der Waals surface area (Å²) in [6.45, 7) is 0.859. The average Bonchev–Trinajstić information content (AvgIpc) is 2.51. The van der Waals surface area contributed by atoms with E-state index in [0.29, 0.717) is 18.8 Å². The quantitative estimate of drug-likeness (QED) is 0.660. The van der Waals surface area contributed by atoms with Crippen LogP contribution in [0.1, 0.15) is 0 Å². The fourth-order valence-corrected chi connectivity index (χ4v) is 1.27. The molecule has 4 heteroatoms. The van der Waals surface area contributed by atoms with E-state index < -0.39 is 6.09 Å². The molecule has 2 rings (SSSR count). The summed E-state index contributed by atoms with van der Waals surface area (Å²) in [7, 11) is 0. The molecule has 1 saturated heterocycles. The van der Waals surface area contributed by atoms with Gasteiger partial charge in [0.25, 0.3) is 0 Å². The largest absolute Gasteiger partial charge is 0.447 e. The molecule has 1 aliphatic rings. The van der Waals surface area contributed by atoms with Crippen LogP contribution < -0.4 is 4.90 Å². The Morgan fingerprint density at radius 1 is 1.46 bits per heavy atom. The molecule has 13 heavy (non-hydrogen) atoms. The summed E-state index contributed by atoms with van der Waals surface area (Å²) in [5, 5.41) is 0. The highest BCUT2D eigenvalue weighted by atomic mass is 19.1. The van der Waals surface area contributed by atoms with Crippen LogP contribution in [0.25, 0.3) is 0 Å². The summed E-state index contributed by atoms with van der Waals surface area (Å²) >= 11 is 0. The molecule has 0 bridgehead atoms. The Balaban J connectivity index is 2.29. The van der Waals surface area contributed by atoms with Gasteiger partial charge in [0.2, 0.25) is 0 Å². The molecule has 0 atom stereocenters. The van der Waals surface area contributed by atoms with Crippen molar-refractivity contribution in [3.63, 3.8) is 0 Å². The van der Waals surface area contributed by atoms with Crippen LogP contribution in [0.4, 0.5) is 14.9 Å². The predicted octanol–water partition coefficient (Wildman–Crippen LogP) is 1.78. The first-order valence-corrected chi connectivity index (χ1v) is 3.97. The van der Waals surface area contributed by atoms with E-state index in [4.69, 9.17) is 4.74 Å². The summed E-state index contributed by atoms with van der Waals surface area (Å²) in [5.41, 5.74) is 0.544. The number of ether oxygens (including phenoxy) is 1. The second-order valence-electron chi connectivity index (χ2n) is 2.75. The highest BCUT2D eigenvalue weighted by molar-refractivity contribution is 5.89. The lowest BCUT2D eigenvalue weighted by atomic mass is 10.3. The van der Waals surface area contributed by atoms with Crippen LogP contribution in [0.3, 0.4) is 0 Å². The number of benzene rings is 1. The molecule has 0 N–H and O–H groups in total. The van der Waals surface area contributed by atoms with Crippen molar-refractivity contribution in [2.24, 2.45) is 0 Å². The fraction of sp³-hybridized carbons (Fsp3) is 0.222. The number of rotatable bonds is 1. The van der Waals surface area contributed by atoms with Gasteiger partial charge in [0.05, 0.1) is 12.2 Å². The van der Waals surface area contributed by atoms with Gasteiger partial charge in [-0.15, -0.1) is 0 Å². The molecule has 1 aliphatic heterocycles. The first kappa shape index (κ1) is 8.04. The van der Waals surface area contributed by atoms with E-state index in [-0.39, 0.29) is 5.82 Å². The van der Waals surface area contributed by atoms with E-state index in [1.807, 2.05) is 0 Å². The molecule has 1 aromatic rings. The highest BCUT2D eigenvalue weighted by Crippen LogP contribution is 2.18. The van der Waals surface area contributed by atoms with Crippen LogP contribution in [0.5, 0.6) is 0 Å². The molecule has 68 valence electrons. The van der Waals surface area contributed by atoms with Crippen molar-refractivity contribution in [1.29, 1.82) is 0 Å². The van der Waals surface area contributed by atoms with E-state index in [2.05, 4.69) is 0 Å². The second-order valence-corrected chi connectivity index (χ2v) is 2.75. The number of halogens is 1. The SMILES string of the molecule is O=C1OCCN1c1cccc(F)c1. The number of hydrogen-bond acceptors (Lipinski definition) is 2. The molecule has 1 heterocycles. The first-order chi connectivity index (χ1) is 6.27. The van der Waals surface area contributed by atoms with Crippen LogP contribution in [0.15, 0.2) is 24.3 Å². The number of nitrogens with zero attached hydrogens (tertiary/aromatic N) is 1. The third-order valence-electron chi connectivity index (χ3n) is 1.88. The maximum atomic E-state index is 12.8. The van der Waals surface area contributed by atoms with E-state index in [9.17, 15) is 9.18 Å². The zero-order chi connectivity index (χ0) is 9.26. The maximum Gasteiger partial charge on any atom is 0.414 e. The van der Waals surface area contributed by atoms with Crippen LogP contribution in [0, 0.1) is 5.82 Å². The first-order valence-electron chi connectivity index (χ1n) is 3.97. The van der Waals surface area contributed by atoms with Gasteiger partial charge in [-0.25, -0.2) is 9.18 Å². The van der Waals surface area contributed by atoms with Crippen molar-refractivity contribution in [3.05, 3.63) is 30.1 Å². The van der Waals surface area contributed by atoms with Crippen LogP contribution in [-0.2, 0) is 4.74 Å². The number of carbonyl (C=O) groups excluding carboxylic acids is 1. The van der Waals surface area contributed by atoms with Crippen LogP contribution in [-0.4, -0.2) is 19.2 Å². The highest BCUT2D eigenvalue weighted by Gasteiger charge is 2.23. The fourth-order valence-electron chi connectivity index (χ4n) is 1.27. The van der Waals surface area contributed by atoms with E-state index in [0.717, 1.165) is 0 Å². The smallest absolute Gasteiger partial charge is 0.414 e. The van der Waals surface area contributed by atoms with Crippen LogP contribution in [0.2, 0.25) is 0 Å². The van der Waals surface area contributed by atoms with Gasteiger partial charge in [-0.3, -0.25) is 4.90 Å². The molecule has 3 nitrogen and oxygen atoms in total. The minimum absolute atomic E-state index is 0.350. The Hall–Kier alpha value is -1.58. The summed E-state index contributed by atoms with van der Waals surface area (Å²) in [5.74, 6) is -0.350. The number of anilines is 1. The van der Waals surface area contributed by atoms with Gasteiger partial charge in [-0.1, -0.05) is 6.07 Å².